The van der Waals surface area contributed by atoms with Gasteiger partial charge in [-0.05, 0) is 38.4 Å². The molecule has 5 heteroatoms. The van der Waals surface area contributed by atoms with E-state index in [1.807, 2.05) is 43.1 Å². The molecule has 0 aromatic heterocycles. The van der Waals surface area contributed by atoms with Gasteiger partial charge < -0.3 is 15.5 Å². The average molecular weight is 317 g/mol. The van der Waals surface area contributed by atoms with E-state index in [0.29, 0.717) is 12.3 Å². The van der Waals surface area contributed by atoms with Crippen molar-refractivity contribution in [3.8, 4) is 0 Å². The molecule has 5 nitrogen and oxygen atoms in total. The summed E-state index contributed by atoms with van der Waals surface area (Å²) >= 11 is 0. The van der Waals surface area contributed by atoms with Crippen LogP contribution in [0.2, 0.25) is 0 Å². The van der Waals surface area contributed by atoms with E-state index >= 15 is 0 Å². The van der Waals surface area contributed by atoms with Gasteiger partial charge in [-0.1, -0.05) is 29.8 Å². The first kappa shape index (κ1) is 17.5. The van der Waals surface area contributed by atoms with Gasteiger partial charge in [0.2, 0.25) is 11.8 Å². The summed E-state index contributed by atoms with van der Waals surface area (Å²) in [6.07, 6.45) is 1.36. The van der Waals surface area contributed by atoms with Crippen LogP contribution >= 0.6 is 0 Å². The summed E-state index contributed by atoms with van der Waals surface area (Å²) in [6, 6.07) is 7.72. The highest BCUT2D eigenvalue weighted by molar-refractivity contribution is 5.79. The van der Waals surface area contributed by atoms with Crippen molar-refractivity contribution in [2.45, 2.75) is 32.7 Å². The predicted molar refractivity (Wildman–Crippen MR) is 91.0 cm³/mol. The molecule has 0 radical (unpaired) electrons. The van der Waals surface area contributed by atoms with E-state index in [4.69, 9.17) is 0 Å². The Balaban J connectivity index is 2.01. The summed E-state index contributed by atoms with van der Waals surface area (Å²) in [6.45, 7) is 6.07. The smallest absolute Gasteiger partial charge is 0.224 e. The molecule has 126 valence electrons. The van der Waals surface area contributed by atoms with Crippen molar-refractivity contribution in [1.82, 2.24) is 15.5 Å². The normalized spacial score (nSPS) is 18.7. The lowest BCUT2D eigenvalue weighted by atomic mass is 10.0. The number of aryl methyl sites for hydroxylation is 1. The van der Waals surface area contributed by atoms with E-state index in [1.165, 1.54) is 6.92 Å². The topological polar surface area (TPSA) is 61.4 Å². The van der Waals surface area contributed by atoms with Crippen LogP contribution in [-0.2, 0) is 9.59 Å². The number of hydrogen-bond donors (Lipinski definition) is 2. The Labute approximate surface area is 138 Å². The number of benzene rings is 1. The maximum atomic E-state index is 12.6. The maximum absolute atomic E-state index is 12.6. The first-order chi connectivity index (χ1) is 11.0. The van der Waals surface area contributed by atoms with Gasteiger partial charge in [-0.15, -0.1) is 0 Å². The largest absolute Gasteiger partial charge is 0.349 e. The molecule has 2 N–H and O–H groups in total. The van der Waals surface area contributed by atoms with E-state index in [9.17, 15) is 9.59 Å². The van der Waals surface area contributed by atoms with Gasteiger partial charge in [-0.2, -0.15) is 0 Å². The second-order valence-corrected chi connectivity index (χ2v) is 6.42. The van der Waals surface area contributed by atoms with Crippen LogP contribution in [0.4, 0.5) is 0 Å². The molecule has 1 aliphatic rings. The predicted octanol–water partition coefficient (Wildman–Crippen LogP) is 1.63. The first-order valence-corrected chi connectivity index (χ1v) is 8.25. The van der Waals surface area contributed by atoms with Crippen LogP contribution in [0.25, 0.3) is 0 Å². The van der Waals surface area contributed by atoms with Gasteiger partial charge in [0, 0.05) is 20.0 Å². The molecular weight excluding hydrogens is 290 g/mol. The molecule has 0 spiro atoms. The van der Waals surface area contributed by atoms with E-state index in [2.05, 4.69) is 10.6 Å². The van der Waals surface area contributed by atoms with Crippen molar-refractivity contribution in [2.75, 3.05) is 26.7 Å². The van der Waals surface area contributed by atoms with Gasteiger partial charge >= 0.3 is 0 Å². The summed E-state index contributed by atoms with van der Waals surface area (Å²) in [5.74, 6) is 0.531. The fourth-order valence-electron chi connectivity index (χ4n) is 3.11. The number of nitrogens with zero attached hydrogens (tertiary/aromatic N) is 1. The zero-order chi connectivity index (χ0) is 16.8. The van der Waals surface area contributed by atoms with Crippen molar-refractivity contribution < 1.29 is 9.59 Å². The minimum atomic E-state index is -0.260. The van der Waals surface area contributed by atoms with Crippen molar-refractivity contribution in [2.24, 2.45) is 5.92 Å². The Bertz CT molecular complexity index is 542. The Hall–Kier alpha value is -1.88. The average Bonchev–Trinajstić information content (AvgIpc) is 2.96. The number of amides is 2. The number of carbonyl (C=O) groups is 2. The molecule has 1 heterocycles. The van der Waals surface area contributed by atoms with Crippen molar-refractivity contribution >= 4 is 11.8 Å². The Kier molecular flexibility index (Phi) is 6.16. The van der Waals surface area contributed by atoms with Crippen LogP contribution in [0, 0.1) is 12.8 Å². The number of rotatable bonds is 6. The number of likely N-dealkylation sites (tertiary alicyclic amines) is 1. The maximum Gasteiger partial charge on any atom is 0.224 e. The van der Waals surface area contributed by atoms with E-state index in [1.54, 1.807) is 0 Å². The third-order valence-corrected chi connectivity index (χ3v) is 4.37. The molecular formula is C18H27N3O2. The second kappa shape index (κ2) is 8.11. The van der Waals surface area contributed by atoms with E-state index in [0.717, 1.165) is 37.2 Å². The van der Waals surface area contributed by atoms with Crippen molar-refractivity contribution in [3.05, 3.63) is 35.4 Å². The van der Waals surface area contributed by atoms with Crippen molar-refractivity contribution in [3.63, 3.8) is 0 Å². The molecule has 2 unspecified atom stereocenters. The Morgan fingerprint density at radius 2 is 2.00 bits per heavy atom. The molecule has 2 rings (SSSR count). The third kappa shape index (κ3) is 5.06. The van der Waals surface area contributed by atoms with Gasteiger partial charge in [-0.3, -0.25) is 9.59 Å². The molecule has 2 atom stereocenters. The van der Waals surface area contributed by atoms with Gasteiger partial charge in [0.15, 0.2) is 0 Å². The highest BCUT2D eigenvalue weighted by Gasteiger charge is 2.27. The van der Waals surface area contributed by atoms with Gasteiger partial charge in [0.25, 0.3) is 0 Å². The second-order valence-electron chi connectivity index (χ2n) is 6.42. The lowest BCUT2D eigenvalue weighted by molar-refractivity contribution is -0.131. The van der Waals surface area contributed by atoms with Crippen LogP contribution in [-0.4, -0.2) is 43.4 Å². The molecule has 1 aromatic carbocycles. The van der Waals surface area contributed by atoms with Crippen molar-refractivity contribution in [1.29, 1.82) is 0 Å². The van der Waals surface area contributed by atoms with Gasteiger partial charge in [0.05, 0.1) is 12.5 Å². The molecule has 2 amide bonds. The lowest BCUT2D eigenvalue weighted by Gasteiger charge is -2.22. The highest BCUT2D eigenvalue weighted by atomic mass is 16.2. The molecule has 1 fully saturated rings. The Morgan fingerprint density at radius 3 is 2.61 bits per heavy atom. The zero-order valence-corrected chi connectivity index (χ0v) is 14.3. The number of nitrogens with one attached hydrogen (secondary N) is 2. The van der Waals surface area contributed by atoms with E-state index < -0.39 is 0 Å². The summed E-state index contributed by atoms with van der Waals surface area (Å²) < 4.78 is 0. The Morgan fingerprint density at radius 1 is 1.30 bits per heavy atom. The SMILES string of the molecule is CNCC1CCN(C(=O)CC(NC(C)=O)c2ccc(C)cc2)C1. The zero-order valence-electron chi connectivity index (χ0n) is 14.3. The molecule has 1 aromatic rings. The molecule has 1 aliphatic heterocycles. The summed E-state index contributed by atoms with van der Waals surface area (Å²) in [5, 5.41) is 6.08. The van der Waals surface area contributed by atoms with Crippen LogP contribution < -0.4 is 10.6 Å². The first-order valence-electron chi connectivity index (χ1n) is 8.25. The van der Waals surface area contributed by atoms with Gasteiger partial charge in [-0.25, -0.2) is 0 Å². The highest BCUT2D eigenvalue weighted by Crippen LogP contribution is 2.22. The third-order valence-electron chi connectivity index (χ3n) is 4.37. The molecule has 23 heavy (non-hydrogen) atoms. The summed E-state index contributed by atoms with van der Waals surface area (Å²) in [5.41, 5.74) is 2.14. The minimum absolute atomic E-state index is 0.113. The molecule has 0 aliphatic carbocycles. The van der Waals surface area contributed by atoms with Crippen LogP contribution in [0.1, 0.15) is 36.9 Å². The van der Waals surface area contributed by atoms with E-state index in [-0.39, 0.29) is 17.9 Å². The number of carbonyl (C=O) groups excluding carboxylic acids is 2. The fraction of sp³-hybridized carbons (Fsp3) is 0.556. The monoisotopic (exact) mass is 317 g/mol. The lowest BCUT2D eigenvalue weighted by Crippen LogP contribution is -2.35. The van der Waals surface area contributed by atoms with Crippen LogP contribution in [0.15, 0.2) is 24.3 Å². The summed E-state index contributed by atoms with van der Waals surface area (Å²) in [7, 11) is 1.94. The molecule has 0 saturated carbocycles. The minimum Gasteiger partial charge on any atom is -0.349 e. The number of hydrogen-bond acceptors (Lipinski definition) is 3. The summed E-state index contributed by atoms with van der Waals surface area (Å²) in [4.78, 5) is 26.0. The fourth-order valence-corrected chi connectivity index (χ4v) is 3.11. The molecule has 0 bridgehead atoms. The van der Waals surface area contributed by atoms with Crippen LogP contribution in [0.3, 0.4) is 0 Å². The standard InChI is InChI=1S/C18H27N3O2/c1-13-4-6-16(7-5-13)17(20-14(2)22)10-18(23)21-9-8-15(12-21)11-19-3/h4-7,15,17,19H,8-12H2,1-3H3,(H,20,22). The van der Waals surface area contributed by atoms with Gasteiger partial charge in [0.1, 0.15) is 0 Å². The van der Waals surface area contributed by atoms with Crippen LogP contribution in [0.5, 0.6) is 0 Å². The quantitative estimate of drug-likeness (QED) is 0.838. The molecule has 1 saturated heterocycles.